The Labute approximate surface area is 105 Å². The van der Waals surface area contributed by atoms with Gasteiger partial charge in [-0.3, -0.25) is 0 Å². The smallest absolute Gasteiger partial charge is 0.227 e. The SMILES string of the molecule is Cc1ccccc1SCc1noc(CCN)n1. The molecular weight excluding hydrogens is 234 g/mol. The van der Waals surface area contributed by atoms with Crippen LogP contribution < -0.4 is 5.73 Å². The monoisotopic (exact) mass is 249 g/mol. The van der Waals surface area contributed by atoms with Crippen molar-refractivity contribution in [3.8, 4) is 0 Å². The fraction of sp³-hybridized carbons (Fsp3) is 0.333. The minimum absolute atomic E-state index is 0.534. The number of rotatable bonds is 5. The second-order valence-electron chi connectivity index (χ2n) is 3.70. The van der Waals surface area contributed by atoms with Gasteiger partial charge in [0.25, 0.3) is 0 Å². The Hall–Kier alpha value is -1.33. The zero-order valence-electron chi connectivity index (χ0n) is 9.72. The highest BCUT2D eigenvalue weighted by molar-refractivity contribution is 7.98. The van der Waals surface area contributed by atoms with Gasteiger partial charge in [0.15, 0.2) is 5.82 Å². The fourth-order valence-corrected chi connectivity index (χ4v) is 2.31. The molecule has 5 heteroatoms. The maximum atomic E-state index is 5.42. The highest BCUT2D eigenvalue weighted by Crippen LogP contribution is 2.24. The maximum absolute atomic E-state index is 5.42. The third-order valence-electron chi connectivity index (χ3n) is 2.32. The summed E-state index contributed by atoms with van der Waals surface area (Å²) in [5.74, 6) is 2.06. The van der Waals surface area contributed by atoms with Crippen LogP contribution in [-0.2, 0) is 12.2 Å². The van der Waals surface area contributed by atoms with E-state index in [-0.39, 0.29) is 0 Å². The lowest BCUT2D eigenvalue weighted by Gasteiger charge is -2.01. The molecule has 0 aliphatic heterocycles. The molecule has 0 unspecified atom stereocenters. The predicted octanol–water partition coefficient (Wildman–Crippen LogP) is 2.17. The molecule has 0 aliphatic rings. The molecule has 1 heterocycles. The number of benzene rings is 1. The lowest BCUT2D eigenvalue weighted by molar-refractivity contribution is 0.376. The number of aryl methyl sites for hydroxylation is 1. The lowest BCUT2D eigenvalue weighted by atomic mass is 10.2. The molecule has 4 nitrogen and oxygen atoms in total. The van der Waals surface area contributed by atoms with Gasteiger partial charge < -0.3 is 10.3 Å². The van der Waals surface area contributed by atoms with Crippen LogP contribution in [0.4, 0.5) is 0 Å². The van der Waals surface area contributed by atoms with E-state index in [9.17, 15) is 0 Å². The molecule has 0 bridgehead atoms. The van der Waals surface area contributed by atoms with Crippen molar-refractivity contribution < 1.29 is 4.52 Å². The average molecular weight is 249 g/mol. The van der Waals surface area contributed by atoms with E-state index in [1.165, 1.54) is 10.5 Å². The van der Waals surface area contributed by atoms with Gasteiger partial charge in [0.05, 0.1) is 5.75 Å². The van der Waals surface area contributed by atoms with Crippen molar-refractivity contribution in [3.05, 3.63) is 41.5 Å². The normalized spacial score (nSPS) is 10.7. The average Bonchev–Trinajstić information content (AvgIpc) is 2.76. The maximum Gasteiger partial charge on any atom is 0.227 e. The van der Waals surface area contributed by atoms with E-state index < -0.39 is 0 Å². The second-order valence-corrected chi connectivity index (χ2v) is 4.71. The summed E-state index contributed by atoms with van der Waals surface area (Å²) in [6.45, 7) is 2.63. The summed E-state index contributed by atoms with van der Waals surface area (Å²) in [4.78, 5) is 5.51. The quantitative estimate of drug-likeness (QED) is 0.823. The van der Waals surface area contributed by atoms with Gasteiger partial charge in [-0.25, -0.2) is 0 Å². The highest BCUT2D eigenvalue weighted by atomic mass is 32.2. The van der Waals surface area contributed by atoms with E-state index in [4.69, 9.17) is 10.3 Å². The van der Waals surface area contributed by atoms with Crippen LogP contribution in [0, 0.1) is 6.92 Å². The summed E-state index contributed by atoms with van der Waals surface area (Å²) in [7, 11) is 0. The van der Waals surface area contributed by atoms with Crippen molar-refractivity contribution in [2.45, 2.75) is 24.0 Å². The summed E-state index contributed by atoms with van der Waals surface area (Å²) in [5, 5.41) is 3.92. The summed E-state index contributed by atoms with van der Waals surface area (Å²) in [6, 6.07) is 8.26. The van der Waals surface area contributed by atoms with Crippen molar-refractivity contribution in [1.82, 2.24) is 10.1 Å². The van der Waals surface area contributed by atoms with Gasteiger partial charge in [0.2, 0.25) is 5.89 Å². The molecule has 0 saturated heterocycles. The number of aromatic nitrogens is 2. The zero-order valence-corrected chi connectivity index (χ0v) is 10.5. The van der Waals surface area contributed by atoms with E-state index in [0.717, 1.165) is 11.6 Å². The number of nitrogens with zero attached hydrogens (tertiary/aromatic N) is 2. The van der Waals surface area contributed by atoms with Crippen LogP contribution in [0.3, 0.4) is 0 Å². The minimum atomic E-state index is 0.534. The van der Waals surface area contributed by atoms with Crippen LogP contribution in [-0.4, -0.2) is 16.7 Å². The van der Waals surface area contributed by atoms with Crippen molar-refractivity contribution in [3.63, 3.8) is 0 Å². The van der Waals surface area contributed by atoms with Gasteiger partial charge in [-0.15, -0.1) is 11.8 Å². The Kier molecular flexibility index (Phi) is 4.17. The van der Waals surface area contributed by atoms with E-state index in [0.29, 0.717) is 18.9 Å². The summed E-state index contributed by atoms with van der Waals surface area (Å²) < 4.78 is 5.07. The molecule has 0 spiro atoms. The molecule has 2 N–H and O–H groups in total. The van der Waals surface area contributed by atoms with Gasteiger partial charge in [-0.1, -0.05) is 23.4 Å². The van der Waals surface area contributed by atoms with Crippen LogP contribution in [0.5, 0.6) is 0 Å². The minimum Gasteiger partial charge on any atom is -0.339 e. The molecule has 0 saturated carbocycles. The van der Waals surface area contributed by atoms with Crippen LogP contribution in [0.25, 0.3) is 0 Å². The van der Waals surface area contributed by atoms with Crippen LogP contribution in [0.2, 0.25) is 0 Å². The standard InChI is InChI=1S/C12H15N3OS/c1-9-4-2-3-5-10(9)17-8-11-14-12(6-7-13)16-15-11/h2-5H,6-8,13H2,1H3. The van der Waals surface area contributed by atoms with Gasteiger partial charge in [-0.05, 0) is 18.6 Å². The molecule has 1 aromatic carbocycles. The first-order valence-electron chi connectivity index (χ1n) is 5.49. The second kappa shape index (κ2) is 5.84. The Morgan fingerprint density at radius 3 is 2.94 bits per heavy atom. The highest BCUT2D eigenvalue weighted by Gasteiger charge is 2.06. The summed E-state index contributed by atoms with van der Waals surface area (Å²) in [6.07, 6.45) is 0.641. The van der Waals surface area contributed by atoms with Crippen molar-refractivity contribution in [2.24, 2.45) is 5.73 Å². The van der Waals surface area contributed by atoms with Gasteiger partial charge in [-0.2, -0.15) is 4.98 Å². The molecule has 0 atom stereocenters. The van der Waals surface area contributed by atoms with Crippen LogP contribution in [0.15, 0.2) is 33.7 Å². The molecule has 0 fully saturated rings. The molecule has 0 radical (unpaired) electrons. The zero-order chi connectivity index (χ0) is 12.1. The number of hydrogen-bond donors (Lipinski definition) is 1. The van der Waals surface area contributed by atoms with Crippen LogP contribution in [0.1, 0.15) is 17.3 Å². The predicted molar refractivity (Wildman–Crippen MR) is 67.8 cm³/mol. The van der Waals surface area contributed by atoms with Crippen LogP contribution >= 0.6 is 11.8 Å². The number of hydrogen-bond acceptors (Lipinski definition) is 5. The first kappa shape index (κ1) is 12.1. The van der Waals surface area contributed by atoms with Crippen molar-refractivity contribution in [2.75, 3.05) is 6.54 Å². The third kappa shape index (κ3) is 3.31. The topological polar surface area (TPSA) is 64.9 Å². The number of thioether (sulfide) groups is 1. The first-order chi connectivity index (χ1) is 8.29. The Morgan fingerprint density at radius 2 is 2.18 bits per heavy atom. The van der Waals surface area contributed by atoms with Crippen molar-refractivity contribution >= 4 is 11.8 Å². The Morgan fingerprint density at radius 1 is 1.35 bits per heavy atom. The van der Waals surface area contributed by atoms with Gasteiger partial charge in [0.1, 0.15) is 0 Å². The molecule has 2 rings (SSSR count). The number of nitrogens with two attached hydrogens (primary N) is 1. The first-order valence-corrected chi connectivity index (χ1v) is 6.48. The fourth-order valence-electron chi connectivity index (χ4n) is 1.43. The van der Waals surface area contributed by atoms with Crippen molar-refractivity contribution in [1.29, 1.82) is 0 Å². The molecule has 90 valence electrons. The molecule has 0 aliphatic carbocycles. The van der Waals surface area contributed by atoms with Gasteiger partial charge in [0, 0.05) is 17.9 Å². The lowest BCUT2D eigenvalue weighted by Crippen LogP contribution is -2.02. The Bertz CT molecular complexity index is 484. The van der Waals surface area contributed by atoms with Gasteiger partial charge >= 0.3 is 0 Å². The molecular formula is C12H15N3OS. The van der Waals surface area contributed by atoms with E-state index in [2.05, 4.69) is 29.2 Å². The molecule has 17 heavy (non-hydrogen) atoms. The molecule has 0 amide bonds. The molecule has 1 aromatic heterocycles. The summed E-state index contributed by atoms with van der Waals surface area (Å²) in [5.41, 5.74) is 6.69. The van der Waals surface area contributed by atoms with E-state index in [1.807, 2.05) is 12.1 Å². The summed E-state index contributed by atoms with van der Waals surface area (Å²) >= 11 is 1.72. The third-order valence-corrected chi connectivity index (χ3v) is 3.49. The Balaban J connectivity index is 1.95. The van der Waals surface area contributed by atoms with E-state index >= 15 is 0 Å². The van der Waals surface area contributed by atoms with E-state index in [1.54, 1.807) is 11.8 Å². The largest absolute Gasteiger partial charge is 0.339 e. The molecule has 2 aromatic rings.